The molecule has 152 valence electrons. The second-order valence-corrected chi connectivity index (χ2v) is 6.72. The van der Waals surface area contributed by atoms with E-state index >= 15 is 0 Å². The Morgan fingerprint density at radius 3 is 2.34 bits per heavy atom. The highest BCUT2D eigenvalue weighted by Gasteiger charge is 2.28. The first-order valence-corrected chi connectivity index (χ1v) is 9.20. The Labute approximate surface area is 167 Å². The number of piperazine rings is 1. The van der Waals surface area contributed by atoms with Crippen LogP contribution in [0.25, 0.3) is 0 Å². The quantitative estimate of drug-likeness (QED) is 0.354. The molecule has 9 nitrogen and oxygen atoms in total. The number of hydrogen-bond acceptors (Lipinski definition) is 7. The molecule has 9 heteroatoms. The molecule has 1 aliphatic heterocycles. The lowest BCUT2D eigenvalue weighted by molar-refractivity contribution is -0.384. The topological polar surface area (TPSA) is 119 Å². The fraction of sp³-hybridized carbons (Fsp3) is 0.300. The summed E-state index contributed by atoms with van der Waals surface area (Å²) in [7, 11) is 0. The van der Waals surface area contributed by atoms with Gasteiger partial charge >= 0.3 is 5.97 Å². The van der Waals surface area contributed by atoms with Gasteiger partial charge in [0.05, 0.1) is 16.2 Å². The van der Waals surface area contributed by atoms with Crippen LogP contribution in [-0.2, 0) is 9.53 Å². The van der Waals surface area contributed by atoms with E-state index in [2.05, 4.69) is 4.90 Å². The largest absolute Gasteiger partial charge is 0.449 e. The number of amides is 1. The molecule has 0 aromatic heterocycles. The molecular formula is C20H22N4O5. The van der Waals surface area contributed by atoms with Gasteiger partial charge in [-0.2, -0.15) is 0 Å². The fourth-order valence-corrected chi connectivity index (χ4v) is 3.20. The molecule has 1 amide bonds. The van der Waals surface area contributed by atoms with Crippen LogP contribution in [-0.4, -0.2) is 54.0 Å². The van der Waals surface area contributed by atoms with E-state index in [1.54, 1.807) is 4.90 Å². The van der Waals surface area contributed by atoms with Crippen LogP contribution in [0.1, 0.15) is 17.3 Å². The van der Waals surface area contributed by atoms with Crippen molar-refractivity contribution in [1.29, 1.82) is 0 Å². The standard InChI is InChI=1S/C20H22N4O5/c1-14(29-20(26)17-8-7-16(24(27)28)13-18(17)21)19(25)23-11-9-22(10-12-23)15-5-3-2-4-6-15/h2-8,13-14H,9-12,21H2,1H3/t14-/m0/s1. The average Bonchev–Trinajstić information content (AvgIpc) is 2.73. The minimum Gasteiger partial charge on any atom is -0.449 e. The monoisotopic (exact) mass is 398 g/mol. The summed E-state index contributed by atoms with van der Waals surface area (Å²) in [5.41, 5.74) is 6.52. The summed E-state index contributed by atoms with van der Waals surface area (Å²) in [6, 6.07) is 13.4. The van der Waals surface area contributed by atoms with Crippen molar-refractivity contribution in [1.82, 2.24) is 4.90 Å². The van der Waals surface area contributed by atoms with Gasteiger partial charge in [0.2, 0.25) is 0 Å². The van der Waals surface area contributed by atoms with Crippen molar-refractivity contribution in [3.8, 4) is 0 Å². The van der Waals surface area contributed by atoms with Crippen LogP contribution in [0.15, 0.2) is 48.5 Å². The third kappa shape index (κ3) is 4.63. The number of non-ortho nitro benzene ring substituents is 1. The predicted molar refractivity (Wildman–Crippen MR) is 108 cm³/mol. The molecule has 1 heterocycles. The highest BCUT2D eigenvalue weighted by atomic mass is 16.6. The summed E-state index contributed by atoms with van der Waals surface area (Å²) < 4.78 is 5.25. The molecule has 0 saturated carbocycles. The molecule has 2 N–H and O–H groups in total. The molecule has 29 heavy (non-hydrogen) atoms. The lowest BCUT2D eigenvalue weighted by Gasteiger charge is -2.37. The van der Waals surface area contributed by atoms with Crippen molar-refractivity contribution in [3.05, 3.63) is 64.2 Å². The Balaban J connectivity index is 1.57. The van der Waals surface area contributed by atoms with Crippen molar-refractivity contribution in [2.75, 3.05) is 36.8 Å². The van der Waals surface area contributed by atoms with E-state index < -0.39 is 17.0 Å². The van der Waals surface area contributed by atoms with Gasteiger partial charge in [-0.25, -0.2) is 4.79 Å². The van der Waals surface area contributed by atoms with E-state index in [0.29, 0.717) is 26.2 Å². The number of ether oxygens (including phenoxy) is 1. The fourth-order valence-electron chi connectivity index (χ4n) is 3.20. The highest BCUT2D eigenvalue weighted by Crippen LogP contribution is 2.21. The summed E-state index contributed by atoms with van der Waals surface area (Å²) in [4.78, 5) is 39.0. The van der Waals surface area contributed by atoms with Gasteiger partial charge < -0.3 is 20.3 Å². The molecule has 1 aliphatic rings. The number of carbonyl (C=O) groups excluding carboxylic acids is 2. The number of esters is 1. The van der Waals surface area contributed by atoms with Crippen LogP contribution in [0, 0.1) is 10.1 Å². The number of para-hydroxylation sites is 1. The van der Waals surface area contributed by atoms with Crippen molar-refractivity contribution < 1.29 is 19.2 Å². The molecule has 3 rings (SSSR count). The van der Waals surface area contributed by atoms with Gasteiger partial charge in [-0.3, -0.25) is 14.9 Å². The van der Waals surface area contributed by atoms with E-state index in [9.17, 15) is 19.7 Å². The van der Waals surface area contributed by atoms with Crippen molar-refractivity contribution in [2.24, 2.45) is 0 Å². The zero-order valence-electron chi connectivity index (χ0n) is 16.0. The van der Waals surface area contributed by atoms with Gasteiger partial charge in [-0.15, -0.1) is 0 Å². The molecule has 0 aliphatic carbocycles. The third-order valence-electron chi connectivity index (χ3n) is 4.81. The average molecular weight is 398 g/mol. The number of anilines is 2. The first kappa shape index (κ1) is 20.1. The van der Waals surface area contributed by atoms with Gasteiger partial charge in [-0.05, 0) is 25.1 Å². The number of rotatable bonds is 5. The number of nitrogens with two attached hydrogens (primary N) is 1. The molecule has 0 bridgehead atoms. The van der Waals surface area contributed by atoms with Crippen LogP contribution in [0.3, 0.4) is 0 Å². The molecular weight excluding hydrogens is 376 g/mol. The Morgan fingerprint density at radius 1 is 1.10 bits per heavy atom. The Bertz CT molecular complexity index is 910. The van der Waals surface area contributed by atoms with Gasteiger partial charge in [0.15, 0.2) is 6.10 Å². The summed E-state index contributed by atoms with van der Waals surface area (Å²) in [6.45, 7) is 3.92. The Kier molecular flexibility index (Phi) is 5.96. The number of nitro benzene ring substituents is 1. The molecule has 1 fully saturated rings. The SMILES string of the molecule is C[C@H](OC(=O)c1ccc([N+](=O)[O-])cc1N)C(=O)N1CCN(c2ccccc2)CC1. The number of nitro groups is 1. The summed E-state index contributed by atoms with van der Waals surface area (Å²) in [6.07, 6.45) is -0.986. The lowest BCUT2D eigenvalue weighted by Crippen LogP contribution is -2.51. The zero-order valence-corrected chi connectivity index (χ0v) is 16.0. The number of benzene rings is 2. The molecule has 1 saturated heterocycles. The second-order valence-electron chi connectivity index (χ2n) is 6.72. The second kappa shape index (κ2) is 8.59. The van der Waals surface area contributed by atoms with E-state index in [4.69, 9.17) is 10.5 Å². The number of nitrogens with zero attached hydrogens (tertiary/aromatic N) is 3. The Morgan fingerprint density at radius 2 is 1.76 bits per heavy atom. The zero-order chi connectivity index (χ0) is 21.0. The molecule has 1 atom stereocenters. The van der Waals surface area contributed by atoms with Gasteiger partial charge in [0, 0.05) is 44.0 Å². The summed E-state index contributed by atoms with van der Waals surface area (Å²) in [5.74, 6) is -1.08. The maximum absolute atomic E-state index is 12.6. The molecule has 0 radical (unpaired) electrons. The van der Waals surface area contributed by atoms with Crippen LogP contribution >= 0.6 is 0 Å². The van der Waals surface area contributed by atoms with Crippen LogP contribution < -0.4 is 10.6 Å². The predicted octanol–water partition coefficient (Wildman–Crippen LogP) is 2.07. The number of nitrogen functional groups attached to an aromatic ring is 1. The van der Waals surface area contributed by atoms with E-state index in [0.717, 1.165) is 11.8 Å². The first-order chi connectivity index (χ1) is 13.9. The van der Waals surface area contributed by atoms with Gasteiger partial charge in [0.25, 0.3) is 11.6 Å². The van der Waals surface area contributed by atoms with Crippen LogP contribution in [0.4, 0.5) is 17.1 Å². The minimum absolute atomic E-state index is 0.0100. The molecule has 0 spiro atoms. The first-order valence-electron chi connectivity index (χ1n) is 9.20. The van der Waals surface area contributed by atoms with Crippen molar-refractivity contribution >= 4 is 28.9 Å². The van der Waals surface area contributed by atoms with Crippen molar-refractivity contribution in [3.63, 3.8) is 0 Å². The van der Waals surface area contributed by atoms with Crippen molar-refractivity contribution in [2.45, 2.75) is 13.0 Å². The summed E-state index contributed by atoms with van der Waals surface area (Å²) >= 11 is 0. The summed E-state index contributed by atoms with van der Waals surface area (Å²) in [5, 5.41) is 10.8. The molecule has 2 aromatic rings. The molecule has 0 unspecified atom stereocenters. The van der Waals surface area contributed by atoms with Gasteiger partial charge in [-0.1, -0.05) is 18.2 Å². The molecule has 2 aromatic carbocycles. The van der Waals surface area contributed by atoms with Gasteiger partial charge in [0.1, 0.15) is 0 Å². The Hall–Kier alpha value is -3.62. The third-order valence-corrected chi connectivity index (χ3v) is 4.81. The minimum atomic E-state index is -0.986. The van der Waals surface area contributed by atoms with Crippen LogP contribution in [0.5, 0.6) is 0 Å². The number of carbonyl (C=O) groups is 2. The highest BCUT2D eigenvalue weighted by molar-refractivity contribution is 5.97. The van der Waals surface area contributed by atoms with E-state index in [1.165, 1.54) is 19.1 Å². The lowest BCUT2D eigenvalue weighted by atomic mass is 10.1. The van der Waals surface area contributed by atoms with E-state index in [1.807, 2.05) is 30.3 Å². The number of hydrogen-bond donors (Lipinski definition) is 1. The maximum Gasteiger partial charge on any atom is 0.341 e. The normalized spacial score (nSPS) is 14.9. The van der Waals surface area contributed by atoms with Crippen LogP contribution in [0.2, 0.25) is 0 Å². The van der Waals surface area contributed by atoms with E-state index in [-0.39, 0.29) is 22.8 Å². The smallest absolute Gasteiger partial charge is 0.341 e. The maximum atomic E-state index is 12.6.